The van der Waals surface area contributed by atoms with Gasteiger partial charge in [0.1, 0.15) is 12.6 Å². The molecule has 2 rings (SSSR count). The minimum Gasteiger partial charge on any atom is -0.477 e. The first kappa shape index (κ1) is 15.5. The van der Waals surface area contributed by atoms with Gasteiger partial charge in [-0.15, -0.1) is 0 Å². The predicted octanol–water partition coefficient (Wildman–Crippen LogP) is 2.58. The number of carbonyl (C=O) groups is 1. The molecule has 1 aromatic rings. The molecule has 1 N–H and O–H groups in total. The van der Waals surface area contributed by atoms with E-state index < -0.39 is 0 Å². The van der Waals surface area contributed by atoms with Crippen LogP contribution in [0.4, 0.5) is 0 Å². The van der Waals surface area contributed by atoms with Gasteiger partial charge in [0.2, 0.25) is 11.8 Å². The molecule has 1 aromatic carbocycles. The Labute approximate surface area is 126 Å². The van der Waals surface area contributed by atoms with Crippen LogP contribution < -0.4 is 5.32 Å². The Bertz CT molecular complexity index is 497. The average molecular weight is 288 g/mol. The van der Waals surface area contributed by atoms with E-state index in [4.69, 9.17) is 4.74 Å². The Morgan fingerprint density at radius 2 is 2.10 bits per heavy atom. The third-order valence-corrected chi connectivity index (χ3v) is 3.44. The van der Waals surface area contributed by atoms with Crippen molar-refractivity contribution in [3.63, 3.8) is 0 Å². The fraction of sp³-hybridized carbons (Fsp3) is 0.529. The number of carbonyl (C=O) groups excluding carboxylic acids is 1. The van der Waals surface area contributed by atoms with Crippen molar-refractivity contribution in [3.05, 3.63) is 35.9 Å². The number of aliphatic imine (C=N–C) groups is 1. The average Bonchev–Trinajstić information content (AvgIpc) is 2.86. The van der Waals surface area contributed by atoms with E-state index in [1.165, 1.54) is 6.92 Å². The maximum Gasteiger partial charge on any atom is 0.217 e. The van der Waals surface area contributed by atoms with Crippen molar-refractivity contribution in [1.82, 2.24) is 5.32 Å². The Kier molecular flexibility index (Phi) is 5.37. The number of hydrogen-bond donors (Lipinski definition) is 1. The van der Waals surface area contributed by atoms with Gasteiger partial charge in [0.25, 0.3) is 0 Å². The van der Waals surface area contributed by atoms with Gasteiger partial charge in [0.05, 0.1) is 6.04 Å². The van der Waals surface area contributed by atoms with Crippen LogP contribution in [0.1, 0.15) is 32.8 Å². The van der Waals surface area contributed by atoms with E-state index in [1.807, 2.05) is 18.2 Å². The van der Waals surface area contributed by atoms with Gasteiger partial charge in [0, 0.05) is 13.3 Å². The molecule has 114 valence electrons. The second kappa shape index (κ2) is 7.25. The normalized spacial score (nSPS) is 19.0. The quantitative estimate of drug-likeness (QED) is 0.874. The minimum atomic E-state index is -0.179. The molecular formula is C17H24N2O2. The van der Waals surface area contributed by atoms with E-state index in [1.54, 1.807) is 0 Å². The molecule has 0 fully saturated rings. The Morgan fingerprint density at radius 3 is 2.71 bits per heavy atom. The minimum absolute atomic E-state index is 0.0606. The van der Waals surface area contributed by atoms with Crippen LogP contribution in [0.5, 0.6) is 0 Å². The van der Waals surface area contributed by atoms with Crippen molar-refractivity contribution in [2.45, 2.75) is 45.7 Å². The summed E-state index contributed by atoms with van der Waals surface area (Å²) < 4.78 is 5.74. The first-order chi connectivity index (χ1) is 10.0. The van der Waals surface area contributed by atoms with Gasteiger partial charge < -0.3 is 10.1 Å². The van der Waals surface area contributed by atoms with E-state index in [9.17, 15) is 4.79 Å². The lowest BCUT2D eigenvalue weighted by Crippen LogP contribution is -2.41. The molecule has 2 atom stereocenters. The Morgan fingerprint density at radius 1 is 1.38 bits per heavy atom. The number of amides is 1. The summed E-state index contributed by atoms with van der Waals surface area (Å²) in [4.78, 5) is 16.1. The van der Waals surface area contributed by atoms with Crippen molar-refractivity contribution in [2.75, 3.05) is 6.61 Å². The topological polar surface area (TPSA) is 50.7 Å². The van der Waals surface area contributed by atoms with Crippen LogP contribution in [0.15, 0.2) is 35.3 Å². The van der Waals surface area contributed by atoms with Crippen LogP contribution in [0.2, 0.25) is 0 Å². The standard InChI is InChI=1S/C17H24N2O2/c1-12(2)9-15-11-21-17(19-15)16(18-13(3)20)10-14-7-5-4-6-8-14/h4-8,12,15-16H,9-11H2,1-3H3,(H,18,20)/t15-,16+/m1/s1. The first-order valence-corrected chi connectivity index (χ1v) is 7.56. The van der Waals surface area contributed by atoms with Gasteiger partial charge in [-0.25, -0.2) is 4.99 Å². The highest BCUT2D eigenvalue weighted by atomic mass is 16.5. The zero-order chi connectivity index (χ0) is 15.2. The maximum absolute atomic E-state index is 11.4. The van der Waals surface area contributed by atoms with Crippen LogP contribution in [0.25, 0.3) is 0 Å². The first-order valence-electron chi connectivity index (χ1n) is 7.56. The monoisotopic (exact) mass is 288 g/mol. The van der Waals surface area contributed by atoms with Crippen molar-refractivity contribution in [2.24, 2.45) is 10.9 Å². The van der Waals surface area contributed by atoms with E-state index in [-0.39, 0.29) is 18.0 Å². The van der Waals surface area contributed by atoms with Gasteiger partial charge in [-0.1, -0.05) is 44.2 Å². The zero-order valence-electron chi connectivity index (χ0n) is 13.0. The van der Waals surface area contributed by atoms with Gasteiger partial charge in [0.15, 0.2) is 0 Å². The molecule has 1 heterocycles. The van der Waals surface area contributed by atoms with E-state index in [0.29, 0.717) is 24.8 Å². The second-order valence-corrected chi connectivity index (χ2v) is 6.00. The summed E-state index contributed by atoms with van der Waals surface area (Å²) in [6, 6.07) is 10.1. The van der Waals surface area contributed by atoms with E-state index in [0.717, 1.165) is 12.0 Å². The van der Waals surface area contributed by atoms with Gasteiger partial charge in [-0.05, 0) is 17.9 Å². The lowest BCUT2D eigenvalue weighted by molar-refractivity contribution is -0.119. The molecule has 1 amide bonds. The molecule has 0 bridgehead atoms. The summed E-state index contributed by atoms with van der Waals surface area (Å²) in [6.07, 6.45) is 1.72. The molecule has 21 heavy (non-hydrogen) atoms. The highest BCUT2D eigenvalue weighted by Crippen LogP contribution is 2.17. The largest absolute Gasteiger partial charge is 0.477 e. The summed E-state index contributed by atoms with van der Waals surface area (Å²) in [5.74, 6) is 1.20. The lowest BCUT2D eigenvalue weighted by atomic mass is 10.0. The SMILES string of the molecule is CC(=O)N[C@@H](Cc1ccccc1)C1=N[C@H](CC(C)C)CO1. The fourth-order valence-electron chi connectivity index (χ4n) is 2.59. The Balaban J connectivity index is 2.07. The van der Waals surface area contributed by atoms with Gasteiger partial charge in [-0.3, -0.25) is 4.79 Å². The number of nitrogens with one attached hydrogen (secondary N) is 1. The summed E-state index contributed by atoms with van der Waals surface area (Å²) in [5, 5.41) is 2.95. The highest BCUT2D eigenvalue weighted by molar-refractivity contribution is 5.88. The van der Waals surface area contributed by atoms with Crippen LogP contribution in [-0.4, -0.2) is 30.5 Å². The van der Waals surface area contributed by atoms with Crippen LogP contribution >= 0.6 is 0 Å². The molecule has 1 aliphatic heterocycles. The highest BCUT2D eigenvalue weighted by Gasteiger charge is 2.27. The molecule has 0 saturated heterocycles. The molecule has 0 aliphatic carbocycles. The van der Waals surface area contributed by atoms with Crippen LogP contribution in [0, 0.1) is 5.92 Å². The molecule has 4 nitrogen and oxygen atoms in total. The lowest BCUT2D eigenvalue weighted by Gasteiger charge is -2.17. The van der Waals surface area contributed by atoms with Gasteiger partial charge >= 0.3 is 0 Å². The van der Waals surface area contributed by atoms with E-state index in [2.05, 4.69) is 36.3 Å². The molecule has 0 spiro atoms. The van der Waals surface area contributed by atoms with E-state index >= 15 is 0 Å². The molecule has 4 heteroatoms. The van der Waals surface area contributed by atoms with Crippen molar-refractivity contribution < 1.29 is 9.53 Å². The summed E-state index contributed by atoms with van der Waals surface area (Å²) in [5.41, 5.74) is 1.16. The van der Waals surface area contributed by atoms with Crippen LogP contribution in [0.3, 0.4) is 0 Å². The zero-order valence-corrected chi connectivity index (χ0v) is 13.0. The molecule has 0 radical (unpaired) electrons. The smallest absolute Gasteiger partial charge is 0.217 e. The van der Waals surface area contributed by atoms with Crippen molar-refractivity contribution >= 4 is 11.8 Å². The number of benzene rings is 1. The molecule has 0 aromatic heterocycles. The third-order valence-electron chi connectivity index (χ3n) is 3.44. The second-order valence-electron chi connectivity index (χ2n) is 6.00. The molecule has 0 saturated carbocycles. The van der Waals surface area contributed by atoms with Crippen molar-refractivity contribution in [1.29, 1.82) is 0 Å². The summed E-state index contributed by atoms with van der Waals surface area (Å²) in [7, 11) is 0. The molecule has 1 aliphatic rings. The van der Waals surface area contributed by atoms with Gasteiger partial charge in [-0.2, -0.15) is 0 Å². The maximum atomic E-state index is 11.4. The van der Waals surface area contributed by atoms with Crippen LogP contribution in [-0.2, 0) is 16.0 Å². The number of rotatable bonds is 6. The molecular weight excluding hydrogens is 264 g/mol. The summed E-state index contributed by atoms with van der Waals surface area (Å²) >= 11 is 0. The molecule has 0 unspecified atom stereocenters. The van der Waals surface area contributed by atoms with Crippen molar-refractivity contribution in [3.8, 4) is 0 Å². The number of hydrogen-bond acceptors (Lipinski definition) is 3. The summed E-state index contributed by atoms with van der Waals surface area (Å²) in [6.45, 7) is 6.52. The Hall–Kier alpha value is -1.84. The number of nitrogens with zero attached hydrogens (tertiary/aromatic N) is 1. The number of ether oxygens (including phenoxy) is 1. The predicted molar refractivity (Wildman–Crippen MR) is 84.4 cm³/mol. The fourth-order valence-corrected chi connectivity index (χ4v) is 2.59. The third kappa shape index (κ3) is 4.88.